The van der Waals surface area contributed by atoms with E-state index in [-0.39, 0.29) is 17.4 Å². The Morgan fingerprint density at radius 3 is 2.26 bits per heavy atom. The number of carbonyl (C=O) groups is 2. The molecule has 8 heteroatoms. The average Bonchev–Trinajstić information content (AvgIpc) is 3.38. The van der Waals surface area contributed by atoms with Crippen molar-refractivity contribution in [3.8, 4) is 17.2 Å². The van der Waals surface area contributed by atoms with Gasteiger partial charge in [-0.15, -0.1) is 11.3 Å². The summed E-state index contributed by atoms with van der Waals surface area (Å²) in [5.41, 5.74) is 1.74. The minimum atomic E-state index is -0.818. The standard InChI is InChI=1S/C27H27NO6S/c1-15(2)34-19-8-6-7-17(11-19)24(29)22-23(26-16(3)9-10-35-26)28(27(31)25(22)30)18-12-20(32-4)14-21(13-18)33-5/h6-15,23,29H,1-5H3/b24-22-. The Kier molecular flexibility index (Phi) is 6.84. The van der Waals surface area contributed by atoms with E-state index in [1.807, 2.05) is 32.2 Å². The van der Waals surface area contributed by atoms with Crippen molar-refractivity contribution in [3.63, 3.8) is 0 Å². The van der Waals surface area contributed by atoms with Crippen molar-refractivity contribution in [2.75, 3.05) is 19.1 Å². The quantitative estimate of drug-likeness (QED) is 0.266. The number of benzene rings is 2. The number of carbonyl (C=O) groups excluding carboxylic acids is 2. The van der Waals surface area contributed by atoms with E-state index in [0.717, 1.165) is 10.4 Å². The molecule has 0 radical (unpaired) electrons. The molecule has 4 rings (SSSR count). The number of nitrogens with zero attached hydrogens (tertiary/aromatic N) is 1. The first kappa shape index (κ1) is 24.3. The lowest BCUT2D eigenvalue weighted by atomic mass is 9.98. The summed E-state index contributed by atoms with van der Waals surface area (Å²) in [6.07, 6.45) is -0.0604. The van der Waals surface area contributed by atoms with Gasteiger partial charge in [-0.1, -0.05) is 12.1 Å². The van der Waals surface area contributed by atoms with Gasteiger partial charge in [0.2, 0.25) is 0 Å². The summed E-state index contributed by atoms with van der Waals surface area (Å²) in [6, 6.07) is 13.0. The molecule has 1 aliphatic rings. The maximum atomic E-state index is 13.4. The van der Waals surface area contributed by atoms with Gasteiger partial charge in [-0.2, -0.15) is 0 Å². The average molecular weight is 494 g/mol. The fraction of sp³-hybridized carbons (Fsp3) is 0.259. The van der Waals surface area contributed by atoms with Crippen LogP contribution < -0.4 is 19.1 Å². The highest BCUT2D eigenvalue weighted by atomic mass is 32.1. The van der Waals surface area contributed by atoms with Crippen molar-refractivity contribution in [2.24, 2.45) is 0 Å². The molecule has 1 saturated heterocycles. The molecule has 1 aromatic heterocycles. The molecule has 0 aliphatic carbocycles. The Labute approximate surface area is 208 Å². The number of amides is 1. The van der Waals surface area contributed by atoms with Gasteiger partial charge in [0.25, 0.3) is 11.7 Å². The minimum absolute atomic E-state index is 0.0176. The predicted molar refractivity (Wildman–Crippen MR) is 136 cm³/mol. The van der Waals surface area contributed by atoms with Gasteiger partial charge in [0.05, 0.1) is 31.6 Å². The van der Waals surface area contributed by atoms with E-state index in [9.17, 15) is 14.7 Å². The van der Waals surface area contributed by atoms with Gasteiger partial charge in [-0.3, -0.25) is 14.5 Å². The van der Waals surface area contributed by atoms with E-state index >= 15 is 0 Å². The molecular weight excluding hydrogens is 466 g/mol. The van der Waals surface area contributed by atoms with Gasteiger partial charge >= 0.3 is 0 Å². The summed E-state index contributed by atoms with van der Waals surface area (Å²) in [4.78, 5) is 29.0. The third-order valence-electron chi connectivity index (χ3n) is 5.69. The molecule has 1 amide bonds. The molecule has 0 bridgehead atoms. The number of aliphatic hydroxyl groups excluding tert-OH is 1. The summed E-state index contributed by atoms with van der Waals surface area (Å²) in [6.45, 7) is 5.72. The fourth-order valence-corrected chi connectivity index (χ4v) is 5.11. The van der Waals surface area contributed by atoms with Crippen LogP contribution in [0, 0.1) is 6.92 Å². The van der Waals surface area contributed by atoms with Crippen LogP contribution in [0.4, 0.5) is 5.69 Å². The second-order valence-corrected chi connectivity index (χ2v) is 9.35. The van der Waals surface area contributed by atoms with E-state index in [1.54, 1.807) is 42.5 Å². The van der Waals surface area contributed by atoms with Crippen molar-refractivity contribution in [1.82, 2.24) is 0 Å². The minimum Gasteiger partial charge on any atom is -0.507 e. The van der Waals surface area contributed by atoms with Crippen LogP contribution in [-0.4, -0.2) is 37.1 Å². The molecule has 1 N–H and O–H groups in total. The van der Waals surface area contributed by atoms with Crippen LogP contribution in [0.2, 0.25) is 0 Å². The molecule has 1 unspecified atom stereocenters. The van der Waals surface area contributed by atoms with Crippen molar-refractivity contribution in [3.05, 3.63) is 75.5 Å². The molecule has 0 saturated carbocycles. The molecule has 1 fully saturated rings. The first-order chi connectivity index (χ1) is 16.7. The molecule has 182 valence electrons. The molecule has 1 aliphatic heterocycles. The van der Waals surface area contributed by atoms with Crippen LogP contribution in [0.25, 0.3) is 5.76 Å². The number of methoxy groups -OCH3 is 2. The maximum Gasteiger partial charge on any atom is 0.300 e. The number of hydrogen-bond acceptors (Lipinski definition) is 7. The summed E-state index contributed by atoms with van der Waals surface area (Å²) >= 11 is 1.42. The number of rotatable bonds is 7. The lowest BCUT2D eigenvalue weighted by Crippen LogP contribution is -2.29. The number of ketones is 1. The Hall–Kier alpha value is -3.78. The molecule has 35 heavy (non-hydrogen) atoms. The highest BCUT2D eigenvalue weighted by molar-refractivity contribution is 7.10. The highest BCUT2D eigenvalue weighted by Crippen LogP contribution is 2.46. The number of aliphatic hydroxyl groups is 1. The van der Waals surface area contributed by atoms with Crippen molar-refractivity contribution in [2.45, 2.75) is 32.9 Å². The molecule has 0 spiro atoms. The van der Waals surface area contributed by atoms with Crippen LogP contribution in [0.15, 0.2) is 59.5 Å². The van der Waals surface area contributed by atoms with E-state index < -0.39 is 17.7 Å². The van der Waals surface area contributed by atoms with Crippen LogP contribution in [0.3, 0.4) is 0 Å². The highest BCUT2D eigenvalue weighted by Gasteiger charge is 2.48. The molecule has 3 aromatic rings. The van der Waals surface area contributed by atoms with Gasteiger partial charge in [0, 0.05) is 28.6 Å². The topological polar surface area (TPSA) is 85.3 Å². The fourth-order valence-electron chi connectivity index (χ4n) is 4.09. The van der Waals surface area contributed by atoms with Gasteiger partial charge in [0.15, 0.2) is 0 Å². The van der Waals surface area contributed by atoms with Gasteiger partial charge < -0.3 is 19.3 Å². The van der Waals surface area contributed by atoms with E-state index in [2.05, 4.69) is 0 Å². The molecule has 1 atom stereocenters. The Bertz CT molecular complexity index is 1290. The zero-order valence-corrected chi connectivity index (χ0v) is 21.0. The first-order valence-electron chi connectivity index (χ1n) is 11.1. The van der Waals surface area contributed by atoms with Crippen LogP contribution in [0.5, 0.6) is 17.2 Å². The molecule has 7 nitrogen and oxygen atoms in total. The van der Waals surface area contributed by atoms with Crippen molar-refractivity contribution >= 4 is 34.5 Å². The smallest absolute Gasteiger partial charge is 0.300 e. The molecule has 2 heterocycles. The molecule has 2 aromatic carbocycles. The summed E-state index contributed by atoms with van der Waals surface area (Å²) < 4.78 is 16.5. The Balaban J connectivity index is 1.93. The van der Waals surface area contributed by atoms with Gasteiger partial charge in [0.1, 0.15) is 29.0 Å². The van der Waals surface area contributed by atoms with E-state index in [0.29, 0.717) is 28.5 Å². The Morgan fingerprint density at radius 1 is 1.00 bits per heavy atom. The largest absolute Gasteiger partial charge is 0.507 e. The number of anilines is 1. The summed E-state index contributed by atoms with van der Waals surface area (Å²) in [7, 11) is 3.03. The van der Waals surface area contributed by atoms with Crippen molar-refractivity contribution < 1.29 is 28.9 Å². The number of hydrogen-bond donors (Lipinski definition) is 1. The van der Waals surface area contributed by atoms with Crippen molar-refractivity contribution in [1.29, 1.82) is 0 Å². The Morgan fingerprint density at radius 2 is 1.69 bits per heavy atom. The van der Waals surface area contributed by atoms with Gasteiger partial charge in [-0.05, 0) is 49.9 Å². The lowest BCUT2D eigenvalue weighted by Gasteiger charge is -2.25. The maximum absolute atomic E-state index is 13.4. The second kappa shape index (κ2) is 9.84. The third kappa shape index (κ3) is 4.61. The number of thiophene rings is 1. The first-order valence-corrected chi connectivity index (χ1v) is 12.0. The van der Waals surface area contributed by atoms with E-state index in [4.69, 9.17) is 14.2 Å². The van der Waals surface area contributed by atoms with Crippen LogP contribution in [0.1, 0.15) is 35.9 Å². The second-order valence-electron chi connectivity index (χ2n) is 8.40. The summed E-state index contributed by atoms with van der Waals surface area (Å²) in [5.74, 6) is -0.262. The van der Waals surface area contributed by atoms with Gasteiger partial charge in [-0.25, -0.2) is 0 Å². The number of ether oxygens (including phenoxy) is 3. The number of aryl methyl sites for hydroxylation is 1. The molecular formula is C27H27NO6S. The van der Waals surface area contributed by atoms with Crippen LogP contribution >= 0.6 is 11.3 Å². The number of Topliss-reactive ketones (excluding diaryl/α,β-unsaturated/α-hetero) is 1. The third-order valence-corrected chi connectivity index (χ3v) is 6.76. The lowest BCUT2D eigenvalue weighted by molar-refractivity contribution is -0.132. The monoisotopic (exact) mass is 493 g/mol. The van der Waals surface area contributed by atoms with Crippen LogP contribution in [-0.2, 0) is 9.59 Å². The summed E-state index contributed by atoms with van der Waals surface area (Å²) in [5, 5.41) is 13.3. The van der Waals surface area contributed by atoms with E-state index in [1.165, 1.54) is 30.5 Å². The zero-order chi connectivity index (χ0) is 25.3. The SMILES string of the molecule is COc1cc(OC)cc(N2C(=O)C(=O)/C(=C(\O)c3cccc(OC(C)C)c3)C2c2sccc2C)c1. The normalized spacial score (nSPS) is 17.2. The predicted octanol–water partition coefficient (Wildman–Crippen LogP) is 5.49. The zero-order valence-electron chi connectivity index (χ0n) is 20.2.